The van der Waals surface area contributed by atoms with Gasteiger partial charge in [0.05, 0.1) is 0 Å². The third-order valence-corrected chi connectivity index (χ3v) is 4.13. The Hall–Kier alpha value is -1.66. The molecule has 1 unspecified atom stereocenters. The highest BCUT2D eigenvalue weighted by Crippen LogP contribution is 2.42. The predicted molar refractivity (Wildman–Crippen MR) is 84.9 cm³/mol. The number of carbonyl (C=O) groups excluding carboxylic acids is 1. The smallest absolute Gasteiger partial charge is 0.422 e. The minimum Gasteiger partial charge on any atom is -0.484 e. The fraction of sp³-hybridized carbons (Fsp3) is 0.706. The first kappa shape index (κ1) is 18.7. The Kier molecular flexibility index (Phi) is 5.20. The molecule has 2 rings (SSSR count). The van der Waals surface area contributed by atoms with Crippen molar-refractivity contribution in [3.8, 4) is 0 Å². The summed E-state index contributed by atoms with van der Waals surface area (Å²) in [5.41, 5.74) is 0.451. The summed E-state index contributed by atoms with van der Waals surface area (Å²) in [5, 5.41) is 2.67. The molecule has 0 aromatic rings. The van der Waals surface area contributed by atoms with Crippen LogP contribution in [0.25, 0.3) is 0 Å². The molecule has 1 aliphatic heterocycles. The molecule has 1 aliphatic carbocycles. The quantitative estimate of drug-likeness (QED) is 0.831. The fourth-order valence-electron chi connectivity index (χ4n) is 2.96. The number of ether oxygens (including phenoxy) is 1. The highest BCUT2D eigenvalue weighted by Gasteiger charge is 2.39. The predicted octanol–water partition coefficient (Wildman–Crippen LogP) is 3.22. The highest BCUT2D eigenvalue weighted by atomic mass is 19.4. The van der Waals surface area contributed by atoms with Crippen molar-refractivity contribution in [1.82, 2.24) is 10.2 Å². The number of amides is 1. The number of nitrogens with one attached hydrogen (secondary N) is 1. The zero-order chi connectivity index (χ0) is 18.1. The van der Waals surface area contributed by atoms with Gasteiger partial charge in [-0.2, -0.15) is 13.2 Å². The van der Waals surface area contributed by atoms with Gasteiger partial charge in [0.1, 0.15) is 11.8 Å². The van der Waals surface area contributed by atoms with Crippen molar-refractivity contribution in [1.29, 1.82) is 0 Å². The van der Waals surface area contributed by atoms with Crippen LogP contribution in [0.3, 0.4) is 0 Å². The van der Waals surface area contributed by atoms with Crippen LogP contribution in [-0.2, 0) is 9.53 Å². The Balaban J connectivity index is 2.21. The molecule has 7 heteroatoms. The third-order valence-electron chi connectivity index (χ3n) is 4.13. The van der Waals surface area contributed by atoms with Crippen LogP contribution >= 0.6 is 0 Å². The standard InChI is InChI=1S/C17H25F3N2O2/c1-16(2,3)14(15(23)21-4)22-8-7-13(24-10-17(18,19)20)12(9-22)11-5-6-11/h7,9,11,14H,5-6,8,10H2,1-4H3,(H,21,23). The average Bonchev–Trinajstić information content (AvgIpc) is 3.27. The Morgan fingerprint density at radius 1 is 1.38 bits per heavy atom. The number of halogens is 3. The lowest BCUT2D eigenvalue weighted by molar-refractivity contribution is -0.164. The minimum atomic E-state index is -4.36. The monoisotopic (exact) mass is 346 g/mol. The first-order valence-corrected chi connectivity index (χ1v) is 8.12. The number of carbonyl (C=O) groups is 1. The van der Waals surface area contributed by atoms with Gasteiger partial charge in [0.15, 0.2) is 6.61 Å². The molecule has 0 aromatic carbocycles. The summed E-state index contributed by atoms with van der Waals surface area (Å²) >= 11 is 0. The van der Waals surface area contributed by atoms with E-state index in [0.717, 1.165) is 18.4 Å². The van der Waals surface area contributed by atoms with Gasteiger partial charge in [-0.1, -0.05) is 20.8 Å². The normalized spacial score (nSPS) is 20.2. The van der Waals surface area contributed by atoms with E-state index >= 15 is 0 Å². The molecular weight excluding hydrogens is 321 g/mol. The summed E-state index contributed by atoms with van der Waals surface area (Å²) in [7, 11) is 1.59. The molecule has 0 bridgehead atoms. The SMILES string of the molecule is CNC(=O)C(N1C=C(C2CC2)C(OCC(F)(F)F)=CC1)C(C)(C)C. The maximum absolute atomic E-state index is 12.4. The second-order valence-electron chi connectivity index (χ2n) is 7.41. The van der Waals surface area contributed by atoms with E-state index in [4.69, 9.17) is 4.74 Å². The Morgan fingerprint density at radius 2 is 2.00 bits per heavy atom. The molecule has 0 radical (unpaired) electrons. The van der Waals surface area contributed by atoms with Crippen LogP contribution in [0.15, 0.2) is 23.6 Å². The molecule has 1 saturated carbocycles. The lowest BCUT2D eigenvalue weighted by Gasteiger charge is -2.40. The second-order valence-corrected chi connectivity index (χ2v) is 7.41. The summed E-state index contributed by atoms with van der Waals surface area (Å²) < 4.78 is 42.3. The summed E-state index contributed by atoms with van der Waals surface area (Å²) in [5.74, 6) is 0.412. The van der Waals surface area contributed by atoms with E-state index in [1.807, 2.05) is 31.9 Å². The maximum Gasteiger partial charge on any atom is 0.422 e. The van der Waals surface area contributed by atoms with Gasteiger partial charge in [0, 0.05) is 25.4 Å². The molecule has 0 aromatic heterocycles. The van der Waals surface area contributed by atoms with Crippen LogP contribution in [-0.4, -0.2) is 43.2 Å². The molecule has 1 N–H and O–H groups in total. The largest absolute Gasteiger partial charge is 0.484 e. The molecule has 1 amide bonds. The topological polar surface area (TPSA) is 41.6 Å². The Bertz CT molecular complexity index is 543. The number of likely N-dealkylation sites (N-methyl/N-ethyl adjacent to an activating group) is 1. The fourth-order valence-corrected chi connectivity index (χ4v) is 2.96. The van der Waals surface area contributed by atoms with Gasteiger partial charge in [-0.05, 0) is 30.3 Å². The molecule has 24 heavy (non-hydrogen) atoms. The van der Waals surface area contributed by atoms with Gasteiger partial charge in [0.2, 0.25) is 5.91 Å². The lowest BCUT2D eigenvalue weighted by atomic mass is 9.84. The summed E-state index contributed by atoms with van der Waals surface area (Å²) in [4.78, 5) is 14.2. The van der Waals surface area contributed by atoms with Crippen molar-refractivity contribution in [3.63, 3.8) is 0 Å². The van der Waals surface area contributed by atoms with Gasteiger partial charge in [-0.15, -0.1) is 0 Å². The number of rotatable bonds is 5. The molecule has 1 fully saturated rings. The van der Waals surface area contributed by atoms with Crippen LogP contribution in [0.2, 0.25) is 0 Å². The van der Waals surface area contributed by atoms with Crippen molar-refractivity contribution in [3.05, 3.63) is 23.6 Å². The first-order chi connectivity index (χ1) is 11.0. The molecule has 136 valence electrons. The van der Waals surface area contributed by atoms with Crippen molar-refractivity contribution in [2.45, 2.75) is 45.8 Å². The molecule has 1 heterocycles. The number of hydrogen-bond acceptors (Lipinski definition) is 3. The highest BCUT2D eigenvalue weighted by molar-refractivity contribution is 5.82. The maximum atomic E-state index is 12.4. The van der Waals surface area contributed by atoms with E-state index in [0.29, 0.717) is 12.3 Å². The Labute approximate surface area is 140 Å². The van der Waals surface area contributed by atoms with E-state index in [9.17, 15) is 18.0 Å². The van der Waals surface area contributed by atoms with Gasteiger partial charge in [-0.3, -0.25) is 4.79 Å². The molecule has 4 nitrogen and oxygen atoms in total. The van der Waals surface area contributed by atoms with E-state index in [-0.39, 0.29) is 17.2 Å². The van der Waals surface area contributed by atoms with Crippen molar-refractivity contribution in [2.24, 2.45) is 11.3 Å². The van der Waals surface area contributed by atoms with Crippen LogP contribution in [0.5, 0.6) is 0 Å². The minimum absolute atomic E-state index is 0.109. The molecule has 0 spiro atoms. The van der Waals surface area contributed by atoms with Gasteiger partial charge < -0.3 is 15.0 Å². The second kappa shape index (κ2) is 6.69. The van der Waals surface area contributed by atoms with Crippen LogP contribution in [0.4, 0.5) is 13.2 Å². The van der Waals surface area contributed by atoms with Gasteiger partial charge in [-0.25, -0.2) is 0 Å². The third kappa shape index (κ3) is 4.68. The summed E-state index contributed by atoms with van der Waals surface area (Å²) in [6.07, 6.45) is 0.984. The van der Waals surface area contributed by atoms with E-state index < -0.39 is 18.8 Å². The van der Waals surface area contributed by atoms with E-state index in [1.54, 1.807) is 13.1 Å². The van der Waals surface area contributed by atoms with Crippen molar-refractivity contribution in [2.75, 3.05) is 20.2 Å². The average molecular weight is 346 g/mol. The zero-order valence-corrected chi connectivity index (χ0v) is 14.5. The molecule has 2 aliphatic rings. The van der Waals surface area contributed by atoms with Crippen LogP contribution in [0.1, 0.15) is 33.6 Å². The molecular formula is C17H25F3N2O2. The number of nitrogens with zero attached hydrogens (tertiary/aromatic N) is 1. The van der Waals surface area contributed by atoms with Crippen LogP contribution in [0, 0.1) is 11.3 Å². The van der Waals surface area contributed by atoms with Crippen LogP contribution < -0.4 is 5.32 Å². The summed E-state index contributed by atoms with van der Waals surface area (Å²) in [6, 6.07) is -0.406. The van der Waals surface area contributed by atoms with E-state index in [1.165, 1.54) is 0 Å². The molecule has 0 saturated heterocycles. The van der Waals surface area contributed by atoms with Gasteiger partial charge in [0.25, 0.3) is 0 Å². The lowest BCUT2D eigenvalue weighted by Crippen LogP contribution is -2.51. The van der Waals surface area contributed by atoms with Crippen molar-refractivity contribution < 1.29 is 22.7 Å². The number of hydrogen-bond donors (Lipinski definition) is 1. The Morgan fingerprint density at radius 3 is 2.46 bits per heavy atom. The summed E-state index contributed by atoms with van der Waals surface area (Å²) in [6.45, 7) is 4.96. The first-order valence-electron chi connectivity index (χ1n) is 8.12. The zero-order valence-electron chi connectivity index (χ0n) is 14.5. The molecule has 1 atom stereocenters. The number of alkyl halides is 3. The van der Waals surface area contributed by atoms with Gasteiger partial charge >= 0.3 is 6.18 Å². The van der Waals surface area contributed by atoms with E-state index in [2.05, 4.69) is 5.32 Å². The van der Waals surface area contributed by atoms with Crippen molar-refractivity contribution >= 4 is 5.91 Å². The number of allylic oxidation sites excluding steroid dienone is 1.